The zero-order valence-corrected chi connectivity index (χ0v) is 8.44. The van der Waals surface area contributed by atoms with Crippen molar-refractivity contribution in [2.75, 3.05) is 6.54 Å². The molecule has 0 unspecified atom stereocenters. The van der Waals surface area contributed by atoms with E-state index in [1.165, 1.54) is 12.1 Å². The SMILES string of the molecule is NC[C@H](N)c1cccc(C(F)(F)F)c1Cl. The fourth-order valence-corrected chi connectivity index (χ4v) is 1.56. The Hall–Kier alpha value is -0.780. The van der Waals surface area contributed by atoms with Crippen LogP contribution in [0.25, 0.3) is 0 Å². The van der Waals surface area contributed by atoms with Crippen molar-refractivity contribution in [1.82, 2.24) is 0 Å². The van der Waals surface area contributed by atoms with Gasteiger partial charge < -0.3 is 11.5 Å². The molecule has 0 aromatic heterocycles. The maximum atomic E-state index is 12.4. The molecule has 0 spiro atoms. The van der Waals surface area contributed by atoms with Gasteiger partial charge in [0.1, 0.15) is 0 Å². The van der Waals surface area contributed by atoms with Crippen LogP contribution in [0.1, 0.15) is 17.2 Å². The lowest BCUT2D eigenvalue weighted by atomic mass is 10.0. The number of hydrogen-bond acceptors (Lipinski definition) is 2. The van der Waals surface area contributed by atoms with Gasteiger partial charge in [0, 0.05) is 12.6 Å². The number of alkyl halides is 3. The van der Waals surface area contributed by atoms with Gasteiger partial charge in [0.25, 0.3) is 0 Å². The standard InChI is InChI=1S/C9H10ClF3N2/c10-8-5(7(15)4-14)2-1-3-6(8)9(11,12)13/h1-3,7H,4,14-15H2/t7-/m0/s1. The molecule has 1 rings (SSSR count). The van der Waals surface area contributed by atoms with Gasteiger partial charge in [-0.1, -0.05) is 23.7 Å². The molecule has 2 nitrogen and oxygen atoms in total. The van der Waals surface area contributed by atoms with Crippen molar-refractivity contribution < 1.29 is 13.2 Å². The summed E-state index contributed by atoms with van der Waals surface area (Å²) in [6, 6.07) is 2.93. The van der Waals surface area contributed by atoms with Crippen molar-refractivity contribution in [2.45, 2.75) is 12.2 Å². The molecular formula is C9H10ClF3N2. The Morgan fingerprint density at radius 2 is 1.93 bits per heavy atom. The van der Waals surface area contributed by atoms with E-state index < -0.39 is 17.8 Å². The molecule has 15 heavy (non-hydrogen) atoms. The summed E-state index contributed by atoms with van der Waals surface area (Å²) < 4.78 is 37.3. The molecule has 0 amide bonds. The highest BCUT2D eigenvalue weighted by atomic mass is 35.5. The van der Waals surface area contributed by atoms with Gasteiger partial charge in [-0.15, -0.1) is 0 Å². The van der Waals surface area contributed by atoms with Crippen molar-refractivity contribution in [3.05, 3.63) is 34.3 Å². The van der Waals surface area contributed by atoms with E-state index in [2.05, 4.69) is 0 Å². The van der Waals surface area contributed by atoms with Crippen LogP contribution in [0.3, 0.4) is 0 Å². The van der Waals surface area contributed by atoms with Crippen LogP contribution in [-0.2, 0) is 6.18 Å². The molecule has 1 atom stereocenters. The van der Waals surface area contributed by atoms with Gasteiger partial charge in [-0.25, -0.2) is 0 Å². The van der Waals surface area contributed by atoms with Gasteiger partial charge >= 0.3 is 6.18 Å². The Morgan fingerprint density at radius 3 is 2.40 bits per heavy atom. The molecule has 0 aliphatic carbocycles. The second-order valence-corrected chi connectivity index (χ2v) is 3.43. The summed E-state index contributed by atoms with van der Waals surface area (Å²) in [4.78, 5) is 0. The maximum Gasteiger partial charge on any atom is 0.417 e. The van der Waals surface area contributed by atoms with E-state index >= 15 is 0 Å². The lowest BCUT2D eigenvalue weighted by Gasteiger charge is -2.15. The van der Waals surface area contributed by atoms with Gasteiger partial charge in [-0.2, -0.15) is 13.2 Å². The third kappa shape index (κ3) is 2.62. The van der Waals surface area contributed by atoms with Crippen molar-refractivity contribution in [2.24, 2.45) is 11.5 Å². The molecule has 1 aromatic rings. The van der Waals surface area contributed by atoms with Gasteiger partial charge in [0.05, 0.1) is 10.6 Å². The molecule has 0 fully saturated rings. The van der Waals surface area contributed by atoms with Crippen LogP contribution in [0.4, 0.5) is 13.2 Å². The summed E-state index contributed by atoms with van der Waals surface area (Å²) in [5.74, 6) is 0. The molecular weight excluding hydrogens is 229 g/mol. The highest BCUT2D eigenvalue weighted by Gasteiger charge is 2.34. The first kappa shape index (κ1) is 12.3. The third-order valence-corrected chi connectivity index (χ3v) is 2.41. The van der Waals surface area contributed by atoms with Crippen molar-refractivity contribution >= 4 is 11.6 Å². The Kier molecular flexibility index (Phi) is 3.59. The van der Waals surface area contributed by atoms with Gasteiger partial charge in [-0.05, 0) is 11.6 Å². The van der Waals surface area contributed by atoms with E-state index in [-0.39, 0.29) is 17.1 Å². The molecule has 0 aliphatic heterocycles. The second-order valence-electron chi connectivity index (χ2n) is 3.05. The normalized spacial score (nSPS) is 14.0. The van der Waals surface area contributed by atoms with E-state index in [0.29, 0.717) is 0 Å². The molecule has 0 heterocycles. The smallest absolute Gasteiger partial charge is 0.329 e. The summed E-state index contributed by atoms with van der Waals surface area (Å²) >= 11 is 5.61. The first-order chi connectivity index (χ1) is 6.88. The monoisotopic (exact) mass is 238 g/mol. The summed E-state index contributed by atoms with van der Waals surface area (Å²) in [6.45, 7) is 0.0427. The van der Waals surface area contributed by atoms with Crippen LogP contribution >= 0.6 is 11.6 Å². The van der Waals surface area contributed by atoms with E-state index in [1.54, 1.807) is 0 Å². The minimum Gasteiger partial charge on any atom is -0.329 e. The predicted molar refractivity (Wildman–Crippen MR) is 52.4 cm³/mol. The molecule has 4 N–H and O–H groups in total. The number of hydrogen-bond donors (Lipinski definition) is 2. The van der Waals surface area contributed by atoms with Crippen molar-refractivity contribution in [1.29, 1.82) is 0 Å². The Bertz CT molecular complexity index is 352. The Balaban J connectivity index is 3.23. The molecule has 0 radical (unpaired) electrons. The minimum absolute atomic E-state index is 0.0427. The fourth-order valence-electron chi connectivity index (χ4n) is 1.18. The first-order valence-corrected chi connectivity index (χ1v) is 4.57. The van der Waals surface area contributed by atoms with E-state index in [1.807, 2.05) is 0 Å². The fraction of sp³-hybridized carbons (Fsp3) is 0.333. The van der Waals surface area contributed by atoms with Crippen LogP contribution in [-0.4, -0.2) is 6.54 Å². The Labute approximate surface area is 90.0 Å². The predicted octanol–water partition coefficient (Wildman–Crippen LogP) is 2.32. The highest BCUT2D eigenvalue weighted by Crippen LogP contribution is 2.37. The highest BCUT2D eigenvalue weighted by molar-refractivity contribution is 6.32. The number of nitrogens with two attached hydrogens (primary N) is 2. The van der Waals surface area contributed by atoms with Gasteiger partial charge in [0.15, 0.2) is 0 Å². The van der Waals surface area contributed by atoms with Gasteiger partial charge in [0.2, 0.25) is 0 Å². The summed E-state index contributed by atoms with van der Waals surface area (Å²) in [5.41, 5.74) is 10.1. The molecule has 1 aromatic carbocycles. The quantitative estimate of drug-likeness (QED) is 0.831. The summed E-state index contributed by atoms with van der Waals surface area (Å²) in [7, 11) is 0. The lowest BCUT2D eigenvalue weighted by Crippen LogP contribution is -2.22. The molecule has 0 aliphatic rings. The molecule has 0 saturated heterocycles. The summed E-state index contributed by atoms with van der Waals surface area (Å²) in [6.07, 6.45) is -4.47. The average Bonchev–Trinajstić information content (AvgIpc) is 2.15. The van der Waals surface area contributed by atoms with Crippen LogP contribution in [0.15, 0.2) is 18.2 Å². The van der Waals surface area contributed by atoms with E-state index in [4.69, 9.17) is 23.1 Å². The third-order valence-electron chi connectivity index (χ3n) is 1.99. The maximum absolute atomic E-state index is 12.4. The lowest BCUT2D eigenvalue weighted by molar-refractivity contribution is -0.137. The van der Waals surface area contributed by atoms with Crippen LogP contribution in [0, 0.1) is 0 Å². The first-order valence-electron chi connectivity index (χ1n) is 4.19. The number of rotatable bonds is 2. The number of halogens is 4. The largest absolute Gasteiger partial charge is 0.417 e. The zero-order chi connectivity index (χ0) is 11.6. The van der Waals surface area contributed by atoms with Crippen LogP contribution in [0.2, 0.25) is 5.02 Å². The Morgan fingerprint density at radius 1 is 1.33 bits per heavy atom. The topological polar surface area (TPSA) is 52.0 Å². The van der Waals surface area contributed by atoms with E-state index in [9.17, 15) is 13.2 Å². The molecule has 0 saturated carbocycles. The summed E-state index contributed by atoms with van der Waals surface area (Å²) in [5, 5.41) is -0.372. The molecule has 84 valence electrons. The number of benzene rings is 1. The minimum atomic E-state index is -4.47. The molecule has 6 heteroatoms. The van der Waals surface area contributed by atoms with E-state index in [0.717, 1.165) is 6.07 Å². The van der Waals surface area contributed by atoms with Crippen molar-refractivity contribution in [3.8, 4) is 0 Å². The van der Waals surface area contributed by atoms with Crippen LogP contribution in [0.5, 0.6) is 0 Å². The zero-order valence-electron chi connectivity index (χ0n) is 7.68. The van der Waals surface area contributed by atoms with Crippen molar-refractivity contribution in [3.63, 3.8) is 0 Å². The average molecular weight is 239 g/mol. The van der Waals surface area contributed by atoms with Crippen LogP contribution < -0.4 is 11.5 Å². The van der Waals surface area contributed by atoms with Gasteiger partial charge in [-0.3, -0.25) is 0 Å². The second kappa shape index (κ2) is 4.38. The molecule has 0 bridgehead atoms.